The van der Waals surface area contributed by atoms with Gasteiger partial charge >= 0.3 is 0 Å². The zero-order valence-corrected chi connectivity index (χ0v) is 23.4. The van der Waals surface area contributed by atoms with Crippen LogP contribution in [0, 0.1) is 10.1 Å². The molecule has 0 spiro atoms. The van der Waals surface area contributed by atoms with Crippen LogP contribution in [0.5, 0.6) is 5.75 Å². The molecular formula is C26H35N5O7S. The van der Waals surface area contributed by atoms with Crippen LogP contribution in [0.2, 0.25) is 0 Å². The highest BCUT2D eigenvalue weighted by Crippen LogP contribution is 2.35. The largest absolute Gasteiger partial charge is 0.493 e. The molecule has 1 aromatic carbocycles. The summed E-state index contributed by atoms with van der Waals surface area (Å²) in [6, 6.07) is 4.82. The molecule has 0 N–H and O–H groups in total. The average molecular weight is 562 g/mol. The molecule has 4 rings (SSSR count). The molecule has 0 amide bonds. The fourth-order valence-electron chi connectivity index (χ4n) is 4.93. The first-order valence-corrected chi connectivity index (χ1v) is 14.7. The highest BCUT2D eigenvalue weighted by molar-refractivity contribution is 7.89. The summed E-state index contributed by atoms with van der Waals surface area (Å²) in [6.45, 7) is 6.21. The molecule has 1 aromatic heterocycles. The van der Waals surface area contributed by atoms with Crippen LogP contribution in [0.25, 0.3) is 0 Å². The monoisotopic (exact) mass is 561 g/mol. The van der Waals surface area contributed by atoms with Gasteiger partial charge in [-0.05, 0) is 36.6 Å². The predicted octanol–water partition coefficient (Wildman–Crippen LogP) is 2.32. The molecule has 2 aromatic rings. The van der Waals surface area contributed by atoms with Crippen molar-refractivity contribution in [3.63, 3.8) is 0 Å². The van der Waals surface area contributed by atoms with Crippen LogP contribution in [0.3, 0.4) is 0 Å². The van der Waals surface area contributed by atoms with Crippen molar-refractivity contribution in [3.8, 4) is 5.75 Å². The lowest BCUT2D eigenvalue weighted by Crippen LogP contribution is -2.49. The van der Waals surface area contributed by atoms with Crippen molar-refractivity contribution in [2.75, 3.05) is 45.9 Å². The van der Waals surface area contributed by atoms with E-state index >= 15 is 0 Å². The first kappa shape index (κ1) is 28.7. The Kier molecular flexibility index (Phi) is 9.03. The van der Waals surface area contributed by atoms with Crippen LogP contribution in [0.4, 0.5) is 5.69 Å². The molecule has 3 heterocycles. The van der Waals surface area contributed by atoms with Crippen molar-refractivity contribution in [1.82, 2.24) is 13.8 Å². The lowest BCUT2D eigenvalue weighted by Gasteiger charge is -2.33. The molecule has 2 aliphatic heterocycles. The van der Waals surface area contributed by atoms with E-state index in [1.807, 2.05) is 18.0 Å². The summed E-state index contributed by atoms with van der Waals surface area (Å²) in [6.07, 6.45) is 4.60. The molecule has 13 heteroatoms. The Balaban J connectivity index is 1.61. The van der Waals surface area contributed by atoms with E-state index in [1.165, 1.54) is 4.31 Å². The number of aromatic nitrogens is 1. The van der Waals surface area contributed by atoms with E-state index in [-0.39, 0.29) is 30.2 Å². The number of hydrogen-bond donors (Lipinski definition) is 0. The van der Waals surface area contributed by atoms with Crippen LogP contribution in [-0.2, 0) is 34.8 Å². The van der Waals surface area contributed by atoms with Crippen LogP contribution in [0.15, 0.2) is 39.1 Å². The molecule has 0 radical (unpaired) electrons. The number of piperazine rings is 1. The number of rotatable bonds is 12. The van der Waals surface area contributed by atoms with Gasteiger partial charge in [0.05, 0.1) is 22.9 Å². The molecule has 0 aliphatic carbocycles. The number of ether oxygens (including phenoxy) is 1. The van der Waals surface area contributed by atoms with Crippen molar-refractivity contribution < 1.29 is 23.1 Å². The van der Waals surface area contributed by atoms with E-state index < -0.39 is 15.1 Å². The first-order valence-electron chi connectivity index (χ1n) is 13.2. The number of nitrogens with zero attached hydrogens (tertiary/aromatic N) is 5. The van der Waals surface area contributed by atoms with E-state index in [2.05, 4.69) is 11.8 Å². The Morgan fingerprint density at radius 3 is 2.51 bits per heavy atom. The highest BCUT2D eigenvalue weighted by atomic mass is 32.2. The van der Waals surface area contributed by atoms with Crippen molar-refractivity contribution in [3.05, 3.63) is 61.6 Å². The number of sulfonamides is 1. The van der Waals surface area contributed by atoms with E-state index in [1.54, 1.807) is 29.8 Å². The standard InChI is InChI=1S/C26H35N5O7S/c1-4-6-19-18-28(3)26(32)22-17-23(27-25(19)22)21-16-20(7-8-24(21)37-14-5-2)39(35,36)30-11-9-29(10-12-30)13-15-38-31(33)34/h7-8,16,18H,4-6,9-15,17H2,1-3H3. The van der Waals surface area contributed by atoms with Gasteiger partial charge in [-0.1, -0.05) is 20.3 Å². The summed E-state index contributed by atoms with van der Waals surface area (Å²) in [5.74, 6) is 0.534. The fourth-order valence-corrected chi connectivity index (χ4v) is 6.38. The number of pyridine rings is 1. The molecular weight excluding hydrogens is 526 g/mol. The third-order valence-electron chi connectivity index (χ3n) is 6.93. The maximum atomic E-state index is 13.6. The summed E-state index contributed by atoms with van der Waals surface area (Å²) < 4.78 is 36.2. The number of hydrogen-bond acceptors (Lipinski definition) is 9. The SMILES string of the molecule is CCCOc1ccc(S(=O)(=O)N2CCN(CCO[N+](=O)[O-])CC2)cc1C1=Nc2c(CCC)cn(C)c(=O)c2C1. The minimum absolute atomic E-state index is 0.0596. The predicted molar refractivity (Wildman–Crippen MR) is 146 cm³/mol. The van der Waals surface area contributed by atoms with Crippen molar-refractivity contribution in [1.29, 1.82) is 0 Å². The summed E-state index contributed by atoms with van der Waals surface area (Å²) in [5.41, 5.74) is 3.37. The number of aliphatic imine (C=N–C) groups is 1. The second kappa shape index (κ2) is 12.3. The average Bonchev–Trinajstić information content (AvgIpc) is 3.36. The maximum absolute atomic E-state index is 13.6. The summed E-state index contributed by atoms with van der Waals surface area (Å²) >= 11 is 0. The maximum Gasteiger partial charge on any atom is 0.294 e. The van der Waals surface area contributed by atoms with E-state index in [0.717, 1.165) is 24.8 Å². The number of benzene rings is 1. The molecule has 212 valence electrons. The quantitative estimate of drug-likeness (QED) is 0.284. The van der Waals surface area contributed by atoms with Gasteiger partial charge in [-0.15, -0.1) is 10.1 Å². The Morgan fingerprint density at radius 2 is 1.85 bits per heavy atom. The van der Waals surface area contributed by atoms with Crippen LogP contribution >= 0.6 is 0 Å². The third kappa shape index (κ3) is 6.31. The Hall–Kier alpha value is -3.29. The molecule has 1 fully saturated rings. The second-order valence-corrected chi connectivity index (χ2v) is 11.6. The minimum Gasteiger partial charge on any atom is -0.493 e. The van der Waals surface area contributed by atoms with Crippen LogP contribution < -0.4 is 10.3 Å². The summed E-state index contributed by atoms with van der Waals surface area (Å²) in [7, 11) is -2.08. The third-order valence-corrected chi connectivity index (χ3v) is 8.82. The van der Waals surface area contributed by atoms with Gasteiger partial charge in [-0.2, -0.15) is 4.31 Å². The Bertz CT molecular complexity index is 1410. The van der Waals surface area contributed by atoms with E-state index in [4.69, 9.17) is 9.73 Å². The van der Waals surface area contributed by atoms with Gasteiger partial charge in [-0.25, -0.2) is 8.42 Å². The number of aryl methyl sites for hydroxylation is 2. The van der Waals surface area contributed by atoms with Crippen LogP contribution in [-0.4, -0.2) is 78.9 Å². The topological polar surface area (TPSA) is 137 Å². The minimum atomic E-state index is -3.82. The van der Waals surface area contributed by atoms with Gasteiger partial charge in [-0.3, -0.25) is 14.7 Å². The fraction of sp³-hybridized carbons (Fsp3) is 0.538. The van der Waals surface area contributed by atoms with Gasteiger partial charge in [0.15, 0.2) is 0 Å². The lowest BCUT2D eigenvalue weighted by atomic mass is 10.0. The zero-order valence-electron chi connectivity index (χ0n) is 22.6. The molecule has 0 atom stereocenters. The molecule has 0 bridgehead atoms. The van der Waals surface area contributed by atoms with Crippen LogP contribution in [0.1, 0.15) is 43.4 Å². The molecule has 2 aliphatic rings. The molecule has 0 saturated carbocycles. The van der Waals surface area contributed by atoms with Crippen molar-refractivity contribution in [2.24, 2.45) is 12.0 Å². The van der Waals surface area contributed by atoms with Gasteiger partial charge in [0.1, 0.15) is 12.4 Å². The number of fused-ring (bicyclic) bond motifs is 1. The van der Waals surface area contributed by atoms with E-state index in [0.29, 0.717) is 60.9 Å². The van der Waals surface area contributed by atoms with E-state index in [9.17, 15) is 23.3 Å². The highest BCUT2D eigenvalue weighted by Gasteiger charge is 2.31. The van der Waals surface area contributed by atoms with Gasteiger partial charge < -0.3 is 14.1 Å². The van der Waals surface area contributed by atoms with Gasteiger partial charge in [0.2, 0.25) is 10.0 Å². The molecule has 0 unspecified atom stereocenters. The zero-order chi connectivity index (χ0) is 28.2. The summed E-state index contributed by atoms with van der Waals surface area (Å²) in [5, 5.41) is 9.54. The second-order valence-electron chi connectivity index (χ2n) is 9.69. The smallest absolute Gasteiger partial charge is 0.294 e. The Morgan fingerprint density at radius 1 is 1.10 bits per heavy atom. The Labute approximate surface area is 228 Å². The molecule has 12 nitrogen and oxygen atoms in total. The summed E-state index contributed by atoms with van der Waals surface area (Å²) in [4.78, 5) is 34.6. The molecule has 1 saturated heterocycles. The van der Waals surface area contributed by atoms with Crippen molar-refractivity contribution in [2.45, 2.75) is 44.4 Å². The van der Waals surface area contributed by atoms with Gasteiger partial charge in [0, 0.05) is 63.5 Å². The van der Waals surface area contributed by atoms with Crippen molar-refractivity contribution >= 4 is 21.4 Å². The molecule has 39 heavy (non-hydrogen) atoms. The first-order chi connectivity index (χ1) is 18.6. The lowest BCUT2D eigenvalue weighted by molar-refractivity contribution is -0.757. The normalized spacial score (nSPS) is 16.1. The van der Waals surface area contributed by atoms with Gasteiger partial charge in [0.25, 0.3) is 10.6 Å².